The fraction of sp³-hybridized carbons (Fsp3) is 0.391. The molecule has 8 nitrogen and oxygen atoms in total. The quantitative estimate of drug-likeness (QED) is 0.399. The number of amides is 1. The molecule has 0 saturated carbocycles. The average Bonchev–Trinajstić information content (AvgIpc) is 3.06. The number of rotatable bonds is 7. The first-order chi connectivity index (χ1) is 17.2. The monoisotopic (exact) mass is 526 g/mol. The van der Waals surface area contributed by atoms with E-state index in [4.69, 9.17) is 21.8 Å². The SMILES string of the molecule is O=C(CC[C@H]1CN(c2cc(F)c(N3CCON(C(=S)c4ccncc4)CC3)c(F)c2)C(=O)O1)C(F)F. The van der Waals surface area contributed by atoms with E-state index < -0.39 is 42.5 Å². The van der Waals surface area contributed by atoms with Gasteiger partial charge in [0.2, 0.25) is 0 Å². The van der Waals surface area contributed by atoms with Gasteiger partial charge in [0.05, 0.1) is 25.4 Å². The molecule has 1 aromatic heterocycles. The number of halogens is 4. The molecule has 36 heavy (non-hydrogen) atoms. The molecule has 0 unspecified atom stereocenters. The fourth-order valence-corrected chi connectivity index (χ4v) is 4.26. The molecule has 2 aliphatic heterocycles. The molecule has 1 aromatic carbocycles. The van der Waals surface area contributed by atoms with Gasteiger partial charge in [-0.15, -0.1) is 0 Å². The van der Waals surface area contributed by atoms with Crippen LogP contribution in [0.15, 0.2) is 36.7 Å². The van der Waals surface area contributed by atoms with E-state index in [0.717, 1.165) is 22.6 Å². The number of benzene rings is 1. The van der Waals surface area contributed by atoms with Gasteiger partial charge in [0.25, 0.3) is 6.43 Å². The summed E-state index contributed by atoms with van der Waals surface area (Å²) in [6, 6.07) is 5.49. The summed E-state index contributed by atoms with van der Waals surface area (Å²) in [5.74, 6) is -3.04. The van der Waals surface area contributed by atoms with Gasteiger partial charge >= 0.3 is 6.09 Å². The normalized spacial score (nSPS) is 18.4. The maximum Gasteiger partial charge on any atom is 0.414 e. The van der Waals surface area contributed by atoms with Crippen molar-refractivity contribution in [3.05, 3.63) is 53.9 Å². The van der Waals surface area contributed by atoms with Gasteiger partial charge in [-0.2, -0.15) is 0 Å². The second kappa shape index (κ2) is 11.2. The van der Waals surface area contributed by atoms with Crippen LogP contribution in [0, 0.1) is 11.6 Å². The molecule has 4 rings (SSSR count). The molecule has 3 heterocycles. The molecule has 2 aliphatic rings. The molecular weight excluding hydrogens is 504 g/mol. The second-order valence-corrected chi connectivity index (χ2v) is 8.53. The molecule has 2 aromatic rings. The van der Waals surface area contributed by atoms with E-state index in [9.17, 15) is 18.4 Å². The number of hydroxylamine groups is 2. The Kier molecular flexibility index (Phi) is 7.99. The summed E-state index contributed by atoms with van der Waals surface area (Å²) in [5.41, 5.74) is 0.378. The molecule has 0 aliphatic carbocycles. The number of anilines is 2. The summed E-state index contributed by atoms with van der Waals surface area (Å²) < 4.78 is 60.0. The predicted molar refractivity (Wildman–Crippen MR) is 125 cm³/mol. The number of carbonyl (C=O) groups is 2. The first kappa shape index (κ1) is 25.8. The highest BCUT2D eigenvalue weighted by atomic mass is 32.1. The van der Waals surface area contributed by atoms with Crippen LogP contribution in [0.3, 0.4) is 0 Å². The van der Waals surface area contributed by atoms with Crippen LogP contribution in [0.25, 0.3) is 0 Å². The molecule has 192 valence electrons. The van der Waals surface area contributed by atoms with E-state index in [1.165, 1.54) is 9.96 Å². The van der Waals surface area contributed by atoms with Crippen LogP contribution in [-0.4, -0.2) is 72.2 Å². The Hall–Kier alpha value is -3.32. The smallest absolute Gasteiger partial charge is 0.414 e. The van der Waals surface area contributed by atoms with Gasteiger partial charge < -0.3 is 9.64 Å². The van der Waals surface area contributed by atoms with E-state index in [0.29, 0.717) is 4.99 Å². The van der Waals surface area contributed by atoms with Crippen LogP contribution in [-0.2, 0) is 14.4 Å². The van der Waals surface area contributed by atoms with Crippen molar-refractivity contribution in [1.82, 2.24) is 10.0 Å². The Labute approximate surface area is 209 Å². The third kappa shape index (κ3) is 5.73. The van der Waals surface area contributed by atoms with Crippen molar-refractivity contribution >= 4 is 40.5 Å². The number of pyridine rings is 1. The number of ketones is 1. The highest BCUT2D eigenvalue weighted by Gasteiger charge is 2.34. The summed E-state index contributed by atoms with van der Waals surface area (Å²) in [6.07, 6.45) is -2.21. The second-order valence-electron chi connectivity index (χ2n) is 8.14. The Balaban J connectivity index is 1.43. The number of hydrogen-bond donors (Lipinski definition) is 0. The van der Waals surface area contributed by atoms with Crippen molar-refractivity contribution in [2.24, 2.45) is 0 Å². The van der Waals surface area contributed by atoms with Crippen LogP contribution < -0.4 is 9.80 Å². The first-order valence-corrected chi connectivity index (χ1v) is 11.5. The largest absolute Gasteiger partial charge is 0.444 e. The number of ether oxygens (including phenoxy) is 1. The number of Topliss-reactive ketones (excluding diaryl/α,β-unsaturated/α-hetero) is 1. The van der Waals surface area contributed by atoms with Crippen LogP contribution in [0.1, 0.15) is 18.4 Å². The third-order valence-electron chi connectivity index (χ3n) is 5.79. The zero-order valence-electron chi connectivity index (χ0n) is 18.9. The highest BCUT2D eigenvalue weighted by Crippen LogP contribution is 2.32. The van der Waals surface area contributed by atoms with Crippen LogP contribution in [0.5, 0.6) is 0 Å². The molecule has 2 saturated heterocycles. The summed E-state index contributed by atoms with van der Waals surface area (Å²) in [7, 11) is 0. The Morgan fingerprint density at radius 2 is 1.83 bits per heavy atom. The van der Waals surface area contributed by atoms with Gasteiger partial charge in [-0.1, -0.05) is 12.2 Å². The van der Waals surface area contributed by atoms with Crippen molar-refractivity contribution < 1.29 is 36.7 Å². The number of aromatic nitrogens is 1. The molecule has 1 atom stereocenters. The summed E-state index contributed by atoms with van der Waals surface area (Å²) in [4.78, 5) is 35.9. The maximum atomic E-state index is 15.1. The summed E-state index contributed by atoms with van der Waals surface area (Å²) >= 11 is 5.45. The average molecular weight is 527 g/mol. The van der Waals surface area contributed by atoms with Crippen LogP contribution >= 0.6 is 12.2 Å². The minimum Gasteiger partial charge on any atom is -0.444 e. The lowest BCUT2D eigenvalue weighted by molar-refractivity contribution is -0.129. The zero-order valence-corrected chi connectivity index (χ0v) is 19.7. The zero-order chi connectivity index (χ0) is 25.8. The fourth-order valence-electron chi connectivity index (χ4n) is 3.98. The standard InChI is InChI=1S/C23H22F4N4O4S/c24-17-11-15(30-13-16(35-23(30)33)1-2-19(32)21(26)27)12-18(25)20(17)29-7-8-31(34-10-9-29)22(36)14-3-5-28-6-4-14/h3-6,11-12,16,21H,1-2,7-10,13H2/t16-/m0/s1. The first-order valence-electron chi connectivity index (χ1n) is 11.1. The topological polar surface area (TPSA) is 75.2 Å². The van der Waals surface area contributed by atoms with Gasteiger partial charge in [-0.05, 0) is 18.6 Å². The van der Waals surface area contributed by atoms with Crippen molar-refractivity contribution in [3.8, 4) is 0 Å². The van der Waals surface area contributed by atoms with E-state index in [1.54, 1.807) is 24.5 Å². The number of nitrogens with zero attached hydrogens (tertiary/aromatic N) is 4. The van der Waals surface area contributed by atoms with Gasteiger partial charge in [0, 0.05) is 49.6 Å². The van der Waals surface area contributed by atoms with E-state index >= 15 is 8.78 Å². The molecule has 0 N–H and O–H groups in total. The van der Waals surface area contributed by atoms with E-state index in [1.807, 2.05) is 0 Å². The van der Waals surface area contributed by atoms with Crippen LogP contribution in [0.2, 0.25) is 0 Å². The third-order valence-corrected chi connectivity index (χ3v) is 6.23. The van der Waals surface area contributed by atoms with Gasteiger partial charge in [-0.3, -0.25) is 19.5 Å². The Morgan fingerprint density at radius 1 is 1.14 bits per heavy atom. The number of thiocarbonyl (C=S) groups is 1. The van der Waals surface area contributed by atoms with Gasteiger partial charge in [-0.25, -0.2) is 27.4 Å². The van der Waals surface area contributed by atoms with Crippen molar-refractivity contribution in [2.45, 2.75) is 25.4 Å². The Morgan fingerprint density at radius 3 is 2.50 bits per heavy atom. The van der Waals surface area contributed by atoms with Gasteiger partial charge in [0.1, 0.15) is 16.8 Å². The van der Waals surface area contributed by atoms with E-state index in [-0.39, 0.29) is 50.6 Å². The van der Waals surface area contributed by atoms with Crippen LogP contribution in [0.4, 0.5) is 33.7 Å². The van der Waals surface area contributed by atoms with Gasteiger partial charge in [0.15, 0.2) is 17.4 Å². The number of alkyl halides is 2. The highest BCUT2D eigenvalue weighted by molar-refractivity contribution is 7.80. The molecule has 0 spiro atoms. The number of cyclic esters (lactones) is 1. The number of carbonyl (C=O) groups excluding carboxylic acids is 2. The minimum atomic E-state index is -3.10. The van der Waals surface area contributed by atoms with E-state index in [2.05, 4.69) is 4.98 Å². The summed E-state index contributed by atoms with van der Waals surface area (Å²) in [5, 5.41) is 1.49. The molecular formula is C23H22F4N4O4S. The van der Waals surface area contributed by atoms with Crippen molar-refractivity contribution in [2.75, 3.05) is 42.6 Å². The lowest BCUT2D eigenvalue weighted by Gasteiger charge is -2.25. The Bertz CT molecular complexity index is 1120. The maximum absolute atomic E-state index is 15.1. The molecule has 1 amide bonds. The number of hydrogen-bond acceptors (Lipinski definition) is 7. The van der Waals surface area contributed by atoms with Crippen molar-refractivity contribution in [1.29, 1.82) is 0 Å². The molecule has 0 radical (unpaired) electrons. The molecule has 2 fully saturated rings. The lowest BCUT2D eigenvalue weighted by Crippen LogP contribution is -2.34. The molecule has 0 bridgehead atoms. The molecule has 13 heteroatoms. The van der Waals surface area contributed by atoms with Crippen molar-refractivity contribution in [3.63, 3.8) is 0 Å². The summed E-state index contributed by atoms with van der Waals surface area (Å²) in [6.45, 7) is 0.661. The minimum absolute atomic E-state index is 0.0759. The lowest BCUT2D eigenvalue weighted by atomic mass is 10.1. The predicted octanol–water partition coefficient (Wildman–Crippen LogP) is 3.73.